The Morgan fingerprint density at radius 1 is 1.03 bits per heavy atom. The molecule has 1 aliphatic rings. The minimum atomic E-state index is -0.860. The van der Waals surface area contributed by atoms with Gasteiger partial charge in [-0.2, -0.15) is 5.10 Å². The van der Waals surface area contributed by atoms with Gasteiger partial charge in [0.2, 0.25) is 0 Å². The lowest BCUT2D eigenvalue weighted by Gasteiger charge is -2.11. The second kappa shape index (κ2) is 8.16. The number of pyridine rings is 1. The van der Waals surface area contributed by atoms with Crippen LogP contribution in [0.25, 0.3) is 11.4 Å². The Morgan fingerprint density at radius 2 is 1.80 bits per heavy atom. The Morgan fingerprint density at radius 3 is 2.50 bits per heavy atom. The number of amides is 3. The summed E-state index contributed by atoms with van der Waals surface area (Å²) in [5.41, 5.74) is 2.97. The third-order valence-corrected chi connectivity index (χ3v) is 4.68. The Balaban J connectivity index is 1.45. The molecule has 9 heteroatoms. The number of H-pyrrole nitrogens is 1. The smallest absolute Gasteiger partial charge is 0.314 e. The van der Waals surface area contributed by atoms with Gasteiger partial charge in [-0.3, -0.25) is 24.5 Å². The standard InChI is InChI=1S/C21H20N6O3/c1-12-5-6-13(19(28)24-14-7-8-14)10-16(12)25-20(29)21(30)26-17-11-23-27-18(17)15-4-2-3-9-22-15/h2-6,9-11,14H,7-8H2,1H3,(H,23,27)(H,24,28)(H,25,29)(H,26,30). The highest BCUT2D eigenvalue weighted by atomic mass is 16.2. The lowest BCUT2D eigenvalue weighted by atomic mass is 10.1. The minimum absolute atomic E-state index is 0.198. The van der Waals surface area contributed by atoms with E-state index in [-0.39, 0.29) is 11.9 Å². The Kier molecular flexibility index (Phi) is 5.25. The maximum absolute atomic E-state index is 12.4. The molecule has 0 unspecified atom stereocenters. The first kappa shape index (κ1) is 19.3. The molecule has 30 heavy (non-hydrogen) atoms. The molecule has 9 nitrogen and oxygen atoms in total. The van der Waals surface area contributed by atoms with Gasteiger partial charge in [0.1, 0.15) is 5.69 Å². The number of aromatic amines is 1. The molecular weight excluding hydrogens is 384 g/mol. The predicted octanol–water partition coefficient (Wildman–Crippen LogP) is 2.25. The molecule has 0 saturated heterocycles. The second-order valence-electron chi connectivity index (χ2n) is 7.06. The summed E-state index contributed by atoms with van der Waals surface area (Å²) >= 11 is 0. The van der Waals surface area contributed by atoms with Crippen molar-refractivity contribution in [1.82, 2.24) is 20.5 Å². The summed E-state index contributed by atoms with van der Waals surface area (Å²) in [7, 11) is 0. The third kappa shape index (κ3) is 4.35. The van der Waals surface area contributed by atoms with Crippen LogP contribution < -0.4 is 16.0 Å². The van der Waals surface area contributed by atoms with Crippen LogP contribution in [0.1, 0.15) is 28.8 Å². The summed E-state index contributed by atoms with van der Waals surface area (Å²) in [6.45, 7) is 1.78. The van der Waals surface area contributed by atoms with Crippen LogP contribution >= 0.6 is 0 Å². The first-order valence-corrected chi connectivity index (χ1v) is 9.50. The van der Waals surface area contributed by atoms with Crippen molar-refractivity contribution >= 4 is 29.1 Å². The Bertz CT molecular complexity index is 1100. The van der Waals surface area contributed by atoms with E-state index in [1.807, 2.05) is 0 Å². The van der Waals surface area contributed by atoms with E-state index in [0.29, 0.717) is 28.3 Å². The molecule has 0 aliphatic heterocycles. The zero-order chi connectivity index (χ0) is 21.1. The van der Waals surface area contributed by atoms with E-state index < -0.39 is 11.8 Å². The number of benzene rings is 1. The van der Waals surface area contributed by atoms with Crippen LogP contribution in [-0.2, 0) is 9.59 Å². The fourth-order valence-corrected chi connectivity index (χ4v) is 2.84. The molecule has 0 spiro atoms. The van der Waals surface area contributed by atoms with Gasteiger partial charge < -0.3 is 16.0 Å². The SMILES string of the molecule is Cc1ccc(C(=O)NC2CC2)cc1NC(=O)C(=O)Nc1cn[nH]c1-c1ccccn1. The highest BCUT2D eigenvalue weighted by Gasteiger charge is 2.24. The van der Waals surface area contributed by atoms with E-state index in [1.165, 1.54) is 6.20 Å². The molecule has 2 aromatic heterocycles. The van der Waals surface area contributed by atoms with Crippen LogP contribution in [0.3, 0.4) is 0 Å². The summed E-state index contributed by atoms with van der Waals surface area (Å²) < 4.78 is 0. The summed E-state index contributed by atoms with van der Waals surface area (Å²) in [5.74, 6) is -1.91. The van der Waals surface area contributed by atoms with Crippen LogP contribution in [0, 0.1) is 6.92 Å². The van der Waals surface area contributed by atoms with Gasteiger partial charge in [-0.05, 0) is 49.6 Å². The van der Waals surface area contributed by atoms with Crippen molar-refractivity contribution in [3.63, 3.8) is 0 Å². The van der Waals surface area contributed by atoms with Gasteiger partial charge in [-0.15, -0.1) is 0 Å². The second-order valence-corrected chi connectivity index (χ2v) is 7.06. The molecule has 1 fully saturated rings. The van der Waals surface area contributed by atoms with Crippen molar-refractivity contribution in [1.29, 1.82) is 0 Å². The van der Waals surface area contributed by atoms with Crippen LogP contribution in [0.2, 0.25) is 0 Å². The van der Waals surface area contributed by atoms with Crippen molar-refractivity contribution in [3.8, 4) is 11.4 Å². The molecule has 0 atom stereocenters. The molecule has 0 bridgehead atoms. The topological polar surface area (TPSA) is 129 Å². The summed E-state index contributed by atoms with van der Waals surface area (Å²) in [6.07, 6.45) is 4.98. The maximum atomic E-state index is 12.4. The lowest BCUT2D eigenvalue weighted by Crippen LogP contribution is -2.30. The highest BCUT2D eigenvalue weighted by Crippen LogP contribution is 2.24. The fraction of sp³-hybridized carbons (Fsp3) is 0.190. The van der Waals surface area contributed by atoms with E-state index in [2.05, 4.69) is 31.1 Å². The van der Waals surface area contributed by atoms with E-state index in [4.69, 9.17) is 0 Å². The number of hydrogen-bond donors (Lipinski definition) is 4. The number of nitrogens with one attached hydrogen (secondary N) is 4. The van der Waals surface area contributed by atoms with Crippen molar-refractivity contribution in [2.75, 3.05) is 10.6 Å². The fourth-order valence-electron chi connectivity index (χ4n) is 2.84. The number of aromatic nitrogens is 3. The molecular formula is C21H20N6O3. The minimum Gasteiger partial charge on any atom is -0.349 e. The molecule has 1 aliphatic carbocycles. The molecule has 1 saturated carbocycles. The van der Waals surface area contributed by atoms with Crippen molar-refractivity contribution < 1.29 is 14.4 Å². The number of carbonyl (C=O) groups is 3. The Labute approximate surface area is 172 Å². The van der Waals surface area contributed by atoms with Gasteiger partial charge >= 0.3 is 11.8 Å². The molecule has 1 aromatic carbocycles. The number of anilines is 2. The van der Waals surface area contributed by atoms with Crippen LogP contribution in [0.15, 0.2) is 48.8 Å². The van der Waals surface area contributed by atoms with Crippen LogP contribution in [0.4, 0.5) is 11.4 Å². The number of carbonyl (C=O) groups excluding carboxylic acids is 3. The first-order valence-electron chi connectivity index (χ1n) is 9.50. The first-order chi connectivity index (χ1) is 14.5. The van der Waals surface area contributed by atoms with E-state index in [0.717, 1.165) is 18.4 Å². The number of aryl methyl sites for hydroxylation is 1. The average Bonchev–Trinajstić information content (AvgIpc) is 3.44. The number of rotatable bonds is 5. The van der Waals surface area contributed by atoms with Gasteiger partial charge in [0.25, 0.3) is 5.91 Å². The van der Waals surface area contributed by atoms with Crippen LogP contribution in [0.5, 0.6) is 0 Å². The van der Waals surface area contributed by atoms with Gasteiger partial charge in [-0.1, -0.05) is 12.1 Å². The van der Waals surface area contributed by atoms with Crippen molar-refractivity contribution in [2.45, 2.75) is 25.8 Å². The molecule has 0 radical (unpaired) electrons. The summed E-state index contributed by atoms with van der Waals surface area (Å²) in [5, 5.41) is 14.7. The molecule has 3 aromatic rings. The van der Waals surface area contributed by atoms with Gasteiger partial charge in [0.15, 0.2) is 0 Å². The Hall–Kier alpha value is -4.01. The monoisotopic (exact) mass is 404 g/mol. The maximum Gasteiger partial charge on any atom is 0.314 e. The van der Waals surface area contributed by atoms with Gasteiger partial charge in [-0.25, -0.2) is 0 Å². The predicted molar refractivity (Wildman–Crippen MR) is 111 cm³/mol. The molecule has 4 rings (SSSR count). The van der Waals surface area contributed by atoms with Gasteiger partial charge in [0, 0.05) is 23.5 Å². The summed E-state index contributed by atoms with van der Waals surface area (Å²) in [4.78, 5) is 41.3. The highest BCUT2D eigenvalue weighted by molar-refractivity contribution is 6.44. The van der Waals surface area contributed by atoms with Crippen molar-refractivity contribution in [3.05, 3.63) is 59.9 Å². The zero-order valence-electron chi connectivity index (χ0n) is 16.2. The van der Waals surface area contributed by atoms with Crippen LogP contribution in [-0.4, -0.2) is 38.9 Å². The van der Waals surface area contributed by atoms with E-state index in [9.17, 15) is 14.4 Å². The average molecular weight is 404 g/mol. The van der Waals surface area contributed by atoms with E-state index >= 15 is 0 Å². The van der Waals surface area contributed by atoms with Gasteiger partial charge in [0.05, 0.1) is 17.6 Å². The molecule has 152 valence electrons. The number of hydrogen-bond acceptors (Lipinski definition) is 5. The largest absolute Gasteiger partial charge is 0.349 e. The lowest BCUT2D eigenvalue weighted by molar-refractivity contribution is -0.132. The third-order valence-electron chi connectivity index (χ3n) is 4.68. The number of nitrogens with zero attached hydrogens (tertiary/aromatic N) is 2. The summed E-state index contributed by atoms with van der Waals surface area (Å²) in [6, 6.07) is 10.5. The van der Waals surface area contributed by atoms with E-state index in [1.54, 1.807) is 49.5 Å². The van der Waals surface area contributed by atoms with Crippen molar-refractivity contribution in [2.24, 2.45) is 0 Å². The zero-order valence-corrected chi connectivity index (χ0v) is 16.2. The molecule has 3 amide bonds. The quantitative estimate of drug-likeness (QED) is 0.485. The normalized spacial score (nSPS) is 12.8. The molecule has 4 N–H and O–H groups in total. The molecule has 2 heterocycles.